The van der Waals surface area contributed by atoms with Gasteiger partial charge in [0.25, 0.3) is 0 Å². The molecular formula is C67H125NO5. The quantitative estimate of drug-likeness (QED) is 0.0320. The summed E-state index contributed by atoms with van der Waals surface area (Å²) >= 11 is 0. The van der Waals surface area contributed by atoms with Crippen LogP contribution in [0.25, 0.3) is 0 Å². The molecule has 0 saturated carbocycles. The molecule has 0 heterocycles. The molecule has 0 fully saturated rings. The number of carbonyl (C=O) groups is 2. The number of hydrogen-bond acceptors (Lipinski definition) is 5. The summed E-state index contributed by atoms with van der Waals surface area (Å²) in [5, 5.41) is 23.1. The first kappa shape index (κ1) is 70.8. The van der Waals surface area contributed by atoms with Gasteiger partial charge in [0, 0.05) is 12.8 Å². The minimum atomic E-state index is -0.844. The predicted octanol–water partition coefficient (Wildman–Crippen LogP) is 20.5. The van der Waals surface area contributed by atoms with E-state index in [9.17, 15) is 19.8 Å². The topological polar surface area (TPSA) is 95.9 Å². The molecule has 73 heavy (non-hydrogen) atoms. The fourth-order valence-corrected chi connectivity index (χ4v) is 9.82. The summed E-state index contributed by atoms with van der Waals surface area (Å²) in [4.78, 5) is 24.5. The minimum Gasteiger partial charge on any atom is -0.466 e. The molecule has 428 valence electrons. The number of hydrogen-bond donors (Lipinski definition) is 3. The highest BCUT2D eigenvalue weighted by Gasteiger charge is 2.18. The lowest BCUT2D eigenvalue weighted by Crippen LogP contribution is -2.45. The van der Waals surface area contributed by atoms with E-state index in [0.717, 1.165) is 51.4 Å². The van der Waals surface area contributed by atoms with Gasteiger partial charge in [-0.1, -0.05) is 294 Å². The van der Waals surface area contributed by atoms with Crippen LogP contribution in [0.1, 0.15) is 341 Å². The zero-order valence-corrected chi connectivity index (χ0v) is 48.9. The molecule has 6 nitrogen and oxygen atoms in total. The summed E-state index contributed by atoms with van der Waals surface area (Å²) in [6.07, 6.45) is 80.3. The number of nitrogens with one attached hydrogen (secondary N) is 1. The third-order valence-corrected chi connectivity index (χ3v) is 14.8. The lowest BCUT2D eigenvalue weighted by atomic mass is 10.0. The first-order valence-corrected chi connectivity index (χ1v) is 32.4. The number of ether oxygens (including phenoxy) is 1. The number of esters is 1. The normalized spacial score (nSPS) is 12.9. The number of unbranched alkanes of at least 4 members (excludes halogenated alkanes) is 43. The molecule has 0 bridgehead atoms. The van der Waals surface area contributed by atoms with E-state index in [1.807, 2.05) is 6.08 Å². The summed E-state index contributed by atoms with van der Waals surface area (Å²) in [5.74, 6) is -0.0652. The Bertz CT molecular complexity index is 1230. The summed E-state index contributed by atoms with van der Waals surface area (Å²) in [6.45, 7) is 4.87. The van der Waals surface area contributed by atoms with Crippen molar-refractivity contribution in [1.82, 2.24) is 5.32 Å². The molecule has 0 aromatic carbocycles. The van der Waals surface area contributed by atoms with Crippen LogP contribution in [0.4, 0.5) is 0 Å². The largest absolute Gasteiger partial charge is 0.466 e. The van der Waals surface area contributed by atoms with Gasteiger partial charge in [0.05, 0.1) is 25.4 Å². The molecule has 0 aromatic heterocycles. The molecule has 1 amide bonds. The number of rotatable bonds is 60. The van der Waals surface area contributed by atoms with Crippen LogP contribution in [0.2, 0.25) is 0 Å². The molecule has 0 spiro atoms. The van der Waals surface area contributed by atoms with E-state index in [2.05, 4.69) is 55.6 Å². The van der Waals surface area contributed by atoms with Crippen molar-refractivity contribution >= 4 is 11.9 Å². The van der Waals surface area contributed by atoms with Crippen molar-refractivity contribution in [1.29, 1.82) is 0 Å². The molecule has 0 aliphatic rings. The third-order valence-electron chi connectivity index (χ3n) is 14.8. The van der Waals surface area contributed by atoms with Gasteiger partial charge >= 0.3 is 5.97 Å². The highest BCUT2D eigenvalue weighted by molar-refractivity contribution is 5.76. The second-order valence-electron chi connectivity index (χ2n) is 22.1. The molecule has 0 saturated heterocycles. The van der Waals surface area contributed by atoms with E-state index < -0.39 is 12.1 Å². The van der Waals surface area contributed by atoms with E-state index in [0.29, 0.717) is 19.4 Å². The zero-order chi connectivity index (χ0) is 52.9. The Morgan fingerprint density at radius 3 is 1.10 bits per heavy atom. The van der Waals surface area contributed by atoms with E-state index in [-0.39, 0.29) is 18.5 Å². The van der Waals surface area contributed by atoms with Gasteiger partial charge in [0.2, 0.25) is 5.91 Å². The minimum absolute atomic E-state index is 0.00144. The van der Waals surface area contributed by atoms with Gasteiger partial charge in [-0.3, -0.25) is 9.59 Å². The Labute approximate surface area is 455 Å². The highest BCUT2D eigenvalue weighted by Crippen LogP contribution is 2.17. The molecule has 0 rings (SSSR count). The molecule has 0 aliphatic carbocycles. The lowest BCUT2D eigenvalue weighted by Gasteiger charge is -2.20. The van der Waals surface area contributed by atoms with Crippen LogP contribution in [0.3, 0.4) is 0 Å². The van der Waals surface area contributed by atoms with Crippen LogP contribution >= 0.6 is 0 Å². The highest BCUT2D eigenvalue weighted by atomic mass is 16.5. The first-order valence-electron chi connectivity index (χ1n) is 32.4. The van der Waals surface area contributed by atoms with Crippen molar-refractivity contribution in [2.45, 2.75) is 353 Å². The van der Waals surface area contributed by atoms with E-state index >= 15 is 0 Å². The summed E-state index contributed by atoms with van der Waals surface area (Å²) < 4.78 is 5.46. The fourth-order valence-electron chi connectivity index (χ4n) is 9.82. The fraction of sp³-hybridized carbons (Fsp3) is 0.851. The maximum Gasteiger partial charge on any atom is 0.305 e. The molecule has 3 N–H and O–H groups in total. The summed E-state index contributed by atoms with van der Waals surface area (Å²) in [7, 11) is 0. The van der Waals surface area contributed by atoms with E-state index in [4.69, 9.17) is 4.74 Å². The second kappa shape index (κ2) is 62.4. The van der Waals surface area contributed by atoms with Gasteiger partial charge in [-0.2, -0.15) is 0 Å². The summed E-state index contributed by atoms with van der Waals surface area (Å²) in [6, 6.07) is -0.627. The van der Waals surface area contributed by atoms with Gasteiger partial charge in [0.1, 0.15) is 0 Å². The van der Waals surface area contributed by atoms with Crippen LogP contribution in [0.15, 0.2) is 48.6 Å². The maximum absolute atomic E-state index is 12.5. The van der Waals surface area contributed by atoms with Crippen molar-refractivity contribution in [2.24, 2.45) is 0 Å². The van der Waals surface area contributed by atoms with Crippen molar-refractivity contribution in [3.8, 4) is 0 Å². The first-order chi connectivity index (χ1) is 36.0. The van der Waals surface area contributed by atoms with Crippen molar-refractivity contribution in [3.63, 3.8) is 0 Å². The Morgan fingerprint density at radius 1 is 0.384 bits per heavy atom. The van der Waals surface area contributed by atoms with Gasteiger partial charge in [-0.05, 0) is 83.5 Å². The van der Waals surface area contributed by atoms with Crippen LogP contribution in [-0.2, 0) is 14.3 Å². The van der Waals surface area contributed by atoms with Crippen LogP contribution in [0.5, 0.6) is 0 Å². The molecular weight excluding hydrogens is 899 g/mol. The second-order valence-corrected chi connectivity index (χ2v) is 22.1. The average Bonchev–Trinajstić information content (AvgIpc) is 3.39. The molecule has 0 aliphatic heterocycles. The predicted molar refractivity (Wildman–Crippen MR) is 319 cm³/mol. The monoisotopic (exact) mass is 1020 g/mol. The van der Waals surface area contributed by atoms with E-state index in [1.54, 1.807) is 6.08 Å². The molecule has 2 atom stereocenters. The Kier molecular flexibility index (Phi) is 60.5. The van der Waals surface area contributed by atoms with Crippen LogP contribution < -0.4 is 5.32 Å². The SMILES string of the molecule is CCCC/C=C\CCCCCCCC(=O)OCCCCCCCCCCC/C=C\C/C=C\CCCCCCCCCCCCCCCCCC(=O)NC(CO)C(O)/C=C/CCCCCCCCCCCCCC. The number of allylic oxidation sites excluding steroid dienone is 7. The van der Waals surface area contributed by atoms with Crippen LogP contribution in [-0.4, -0.2) is 47.4 Å². The van der Waals surface area contributed by atoms with Gasteiger partial charge in [-0.15, -0.1) is 0 Å². The number of aliphatic hydroxyl groups is 2. The standard InChI is InChI=1S/C67H125NO5/c1-3-5-7-9-11-13-15-16-36-40-43-47-51-55-59-65(70)64(63-69)68-66(71)60-56-52-48-44-41-37-34-32-30-28-26-24-22-20-18-17-19-21-23-25-27-29-31-33-35-38-42-46-50-54-58-62-73-67(72)61-57-53-49-45-39-14-12-10-8-6-4-2/h10,12,19,21,25,27,55,59,64-65,69-70H,3-9,11,13-18,20,22-24,26,28-54,56-58,60-63H2,1-2H3,(H,68,71)/b12-10-,21-19-,27-25-,59-55+. The van der Waals surface area contributed by atoms with Gasteiger partial charge in [0.15, 0.2) is 0 Å². The summed E-state index contributed by atoms with van der Waals surface area (Å²) in [5.41, 5.74) is 0. The zero-order valence-electron chi connectivity index (χ0n) is 48.9. The van der Waals surface area contributed by atoms with Crippen LogP contribution in [0, 0.1) is 0 Å². The Balaban J connectivity index is 3.41. The Hall–Kier alpha value is -2.18. The van der Waals surface area contributed by atoms with E-state index in [1.165, 1.54) is 263 Å². The average molecular weight is 1020 g/mol. The van der Waals surface area contributed by atoms with Gasteiger partial charge < -0.3 is 20.3 Å². The molecule has 6 heteroatoms. The van der Waals surface area contributed by atoms with Crippen molar-refractivity contribution < 1.29 is 24.5 Å². The lowest BCUT2D eigenvalue weighted by molar-refractivity contribution is -0.143. The third kappa shape index (κ3) is 58.9. The van der Waals surface area contributed by atoms with Gasteiger partial charge in [-0.25, -0.2) is 0 Å². The number of aliphatic hydroxyl groups excluding tert-OH is 2. The van der Waals surface area contributed by atoms with Crippen molar-refractivity contribution in [3.05, 3.63) is 48.6 Å². The Morgan fingerprint density at radius 2 is 0.699 bits per heavy atom. The maximum atomic E-state index is 12.5. The number of carbonyl (C=O) groups excluding carboxylic acids is 2. The molecule has 0 radical (unpaired) electrons. The number of amides is 1. The van der Waals surface area contributed by atoms with Crippen molar-refractivity contribution in [2.75, 3.05) is 13.2 Å². The smallest absolute Gasteiger partial charge is 0.305 e. The molecule has 2 unspecified atom stereocenters. The molecule has 0 aromatic rings.